The van der Waals surface area contributed by atoms with E-state index in [0.717, 1.165) is 0 Å². The van der Waals surface area contributed by atoms with Crippen LogP contribution in [0.25, 0.3) is 0 Å². The summed E-state index contributed by atoms with van der Waals surface area (Å²) in [5, 5.41) is 0. The van der Waals surface area contributed by atoms with Gasteiger partial charge in [0.2, 0.25) is 0 Å². The normalized spacial score (nSPS) is 1.00. The fourth-order valence-corrected chi connectivity index (χ4v) is 0. The van der Waals surface area contributed by atoms with Gasteiger partial charge in [-0.25, -0.2) is 0 Å². The molecule has 0 fully saturated rings. The van der Waals surface area contributed by atoms with Crippen LogP contribution in [0.2, 0.25) is 0 Å². The Morgan fingerprint density at radius 1 is 0.833 bits per heavy atom. The molecule has 0 saturated carbocycles. The molecule has 42 valence electrons. The Balaban J connectivity index is -0.000000000833. The van der Waals surface area contributed by atoms with Gasteiger partial charge >= 0.3 is 0 Å². The molecule has 0 radical (unpaired) electrons. The van der Waals surface area contributed by atoms with Gasteiger partial charge in [-0.3, -0.25) is 0 Å². The van der Waals surface area contributed by atoms with Gasteiger partial charge in [-0.05, 0) is 0 Å². The molecule has 0 aromatic rings. The summed E-state index contributed by atoms with van der Waals surface area (Å²) < 4.78 is 0. The molecule has 0 aromatic carbocycles. The Morgan fingerprint density at radius 3 is 0.833 bits per heavy atom. The maximum Gasteiger partial charge on any atom is 0 e. The maximum absolute atomic E-state index is 3.25. The van der Waals surface area contributed by atoms with Crippen LogP contribution in [0.5, 0.6) is 0 Å². The Hall–Kier alpha value is 0.750. The molecule has 0 spiro atoms. The first-order valence-electron chi connectivity index (χ1n) is 0.707. The second kappa shape index (κ2) is 231. The van der Waals surface area contributed by atoms with Crippen molar-refractivity contribution in [2.45, 2.75) is 6.92 Å². The summed E-state index contributed by atoms with van der Waals surface area (Å²) in [7, 11) is 0. The predicted octanol–water partition coefficient (Wildman–Crippen LogP) is -1.64. The predicted molar refractivity (Wildman–Crippen MR) is 21.9 cm³/mol. The minimum atomic E-state index is 0. The van der Waals surface area contributed by atoms with Crippen molar-refractivity contribution in [3.8, 4) is 0 Å². The zero-order valence-electron chi connectivity index (χ0n) is 3.71. The Labute approximate surface area is 56.5 Å². The third kappa shape index (κ3) is 119. The van der Waals surface area contributed by atoms with E-state index >= 15 is 0 Å². The van der Waals surface area contributed by atoms with Crippen molar-refractivity contribution < 1.29 is 42.3 Å². The summed E-state index contributed by atoms with van der Waals surface area (Å²) in [6.45, 7) is 5.00. The molecule has 0 bridgehead atoms. The molecule has 4 heteroatoms. The minimum absolute atomic E-state index is 0. The molecule has 6 N–H and O–H groups in total. The van der Waals surface area contributed by atoms with Crippen LogP contribution < -0.4 is 0 Å². The second-order valence-corrected chi connectivity index (χ2v) is 0. The topological polar surface area (TPSA) is 94.5 Å². The van der Waals surface area contributed by atoms with E-state index in [1.807, 2.05) is 0 Å². The van der Waals surface area contributed by atoms with Crippen molar-refractivity contribution >= 4 is 0 Å². The molecule has 0 unspecified atom stereocenters. The van der Waals surface area contributed by atoms with Crippen molar-refractivity contribution in [3.63, 3.8) is 0 Å². The zero-order chi connectivity index (χ0) is 2.00. The van der Waals surface area contributed by atoms with E-state index in [1.54, 1.807) is 6.92 Å². The van der Waals surface area contributed by atoms with Gasteiger partial charge in [0.05, 0.1) is 0 Å². The molecule has 0 heterocycles. The largest absolute Gasteiger partial charge is 0.412 e. The first-order chi connectivity index (χ1) is 1.00. The Kier molecular flexibility index (Phi) is 2800. The third-order valence-electron chi connectivity index (χ3n) is 0. The first kappa shape index (κ1) is 72.9. The Bertz CT molecular complexity index is 8.75. The molecule has 0 aliphatic carbocycles. The van der Waals surface area contributed by atoms with Gasteiger partial charge < -0.3 is 23.4 Å². The molecule has 0 aliphatic heterocycles. The van der Waals surface area contributed by atoms with Crippen LogP contribution in [0.4, 0.5) is 0 Å². The average molecular weight is 262 g/mol. The van der Waals surface area contributed by atoms with E-state index in [9.17, 15) is 0 Å². The van der Waals surface area contributed by atoms with Gasteiger partial charge in [-0.1, -0.05) is 0 Å². The summed E-state index contributed by atoms with van der Waals surface area (Å²) in [6.07, 6.45) is 0. The minimum Gasteiger partial charge on any atom is -0.412 e. The maximum atomic E-state index is 3.25. The van der Waals surface area contributed by atoms with Crippen molar-refractivity contribution in [3.05, 3.63) is 6.92 Å². The number of hydrogen-bond donors (Lipinski definition) is 0. The van der Waals surface area contributed by atoms with Gasteiger partial charge in [0.1, 0.15) is 0 Å². The number of rotatable bonds is 0. The molecular weight excluding hydrogens is 251 g/mol. The molecule has 0 saturated heterocycles. The van der Waals surface area contributed by atoms with Crippen LogP contribution in [0.3, 0.4) is 0 Å². The number of hydrogen-bond acceptors (Lipinski definition) is 0. The molecule has 0 aliphatic rings. The molecule has 3 nitrogen and oxygen atoms in total. The van der Waals surface area contributed by atoms with E-state index in [1.165, 1.54) is 0 Å². The summed E-state index contributed by atoms with van der Waals surface area (Å²) >= 11 is 0. The standard InChI is InChI=1S/C2H5.Hf.3H2O/c1-2;;;;/h1H2,2H3;;3*1H2/q-1;;;;. The monoisotopic (exact) mass is 263 g/mol. The summed E-state index contributed by atoms with van der Waals surface area (Å²) in [5.41, 5.74) is 0. The van der Waals surface area contributed by atoms with Gasteiger partial charge in [-0.2, -0.15) is 6.92 Å². The van der Waals surface area contributed by atoms with E-state index < -0.39 is 0 Å². The summed E-state index contributed by atoms with van der Waals surface area (Å²) in [4.78, 5) is 0. The van der Waals surface area contributed by atoms with Crippen molar-refractivity contribution in [2.24, 2.45) is 0 Å². The SMILES string of the molecule is O.O.O.[CH2-]C.[Hf]. The molecular formula is C2H11HfO3-. The molecule has 0 amide bonds. The van der Waals surface area contributed by atoms with Crippen LogP contribution in [0.1, 0.15) is 6.92 Å². The van der Waals surface area contributed by atoms with Crippen molar-refractivity contribution in [2.75, 3.05) is 0 Å². The van der Waals surface area contributed by atoms with Crippen LogP contribution in [-0.4, -0.2) is 16.4 Å². The molecule has 0 atom stereocenters. The van der Waals surface area contributed by atoms with Gasteiger partial charge in [0, 0.05) is 25.8 Å². The van der Waals surface area contributed by atoms with Crippen molar-refractivity contribution in [1.82, 2.24) is 0 Å². The van der Waals surface area contributed by atoms with Crippen LogP contribution in [0.15, 0.2) is 0 Å². The van der Waals surface area contributed by atoms with Gasteiger partial charge in [0.15, 0.2) is 0 Å². The molecule has 6 heavy (non-hydrogen) atoms. The quantitative estimate of drug-likeness (QED) is 0.370. The second-order valence-electron chi connectivity index (χ2n) is 0. The van der Waals surface area contributed by atoms with Gasteiger partial charge in [0.25, 0.3) is 0 Å². The zero-order valence-corrected chi connectivity index (χ0v) is 7.30. The first-order valence-corrected chi connectivity index (χ1v) is 0.707. The van der Waals surface area contributed by atoms with Gasteiger partial charge in [-0.15, -0.1) is 0 Å². The summed E-state index contributed by atoms with van der Waals surface area (Å²) in [5.74, 6) is 0. The molecule has 0 rings (SSSR count). The van der Waals surface area contributed by atoms with Crippen LogP contribution in [-0.2, 0) is 25.8 Å². The van der Waals surface area contributed by atoms with Crippen LogP contribution in [0, 0.1) is 6.92 Å². The fraction of sp³-hybridized carbons (Fsp3) is 0.500. The van der Waals surface area contributed by atoms with E-state index in [-0.39, 0.29) is 42.3 Å². The fourth-order valence-electron chi connectivity index (χ4n) is 0. The van der Waals surface area contributed by atoms with E-state index in [4.69, 9.17) is 0 Å². The smallest absolute Gasteiger partial charge is 0 e. The van der Waals surface area contributed by atoms with E-state index in [2.05, 4.69) is 6.92 Å². The summed E-state index contributed by atoms with van der Waals surface area (Å²) in [6, 6.07) is 0. The third-order valence-corrected chi connectivity index (χ3v) is 0. The van der Waals surface area contributed by atoms with E-state index in [0.29, 0.717) is 0 Å². The van der Waals surface area contributed by atoms with Crippen molar-refractivity contribution in [1.29, 1.82) is 0 Å². The molecule has 0 aromatic heterocycles. The van der Waals surface area contributed by atoms with Crippen LogP contribution >= 0.6 is 0 Å². The average Bonchev–Trinajstić information content (AvgIpc) is 1.00. The Morgan fingerprint density at radius 2 is 0.833 bits per heavy atom.